The van der Waals surface area contributed by atoms with Crippen LogP contribution >= 0.6 is 0 Å². The van der Waals surface area contributed by atoms with Crippen molar-refractivity contribution in [3.05, 3.63) is 12.7 Å². The lowest BCUT2D eigenvalue weighted by molar-refractivity contribution is 0.590. The Kier molecular flexibility index (Phi) is 2.87. The molecule has 0 fully saturated rings. The molecule has 0 saturated heterocycles. The number of rotatable bonds is 3. The Morgan fingerprint density at radius 3 is 2.33 bits per heavy atom. The first-order valence-electron chi connectivity index (χ1n) is 2.58. The smallest absolute Gasteiger partial charge is 0.209 e. The van der Waals surface area contributed by atoms with Crippen molar-refractivity contribution >= 4 is 10.0 Å². The van der Waals surface area contributed by atoms with Gasteiger partial charge in [-0.3, -0.25) is 0 Å². The van der Waals surface area contributed by atoms with Gasteiger partial charge in [0.05, 0.1) is 5.75 Å². The number of sulfonamides is 1. The summed E-state index contributed by atoms with van der Waals surface area (Å²) < 4.78 is 20.7. The summed E-state index contributed by atoms with van der Waals surface area (Å²) in [5.74, 6) is -0.0729. The maximum absolute atomic E-state index is 10.3. The van der Waals surface area contributed by atoms with Crippen LogP contribution in [-0.4, -0.2) is 14.2 Å². The normalized spacial score (nSPS) is 14.9. The summed E-state index contributed by atoms with van der Waals surface area (Å²) in [4.78, 5) is 0. The molecule has 0 aliphatic carbocycles. The fraction of sp³-hybridized carbons (Fsp3) is 0.600. The van der Waals surface area contributed by atoms with E-state index >= 15 is 0 Å². The molecular formula is C5H11NO2S. The standard InChI is InChI=1S/C5H11NO2S/c1-3-5(2)4-9(6,7)8/h3,5H,1,4H2,2H3,(H2,6,7,8). The molecule has 0 aliphatic rings. The maximum Gasteiger partial charge on any atom is 0.209 e. The lowest BCUT2D eigenvalue weighted by Crippen LogP contribution is -2.20. The van der Waals surface area contributed by atoms with Crippen molar-refractivity contribution in [3.8, 4) is 0 Å². The summed E-state index contributed by atoms with van der Waals surface area (Å²) >= 11 is 0. The van der Waals surface area contributed by atoms with Crippen molar-refractivity contribution in [3.63, 3.8) is 0 Å². The minimum absolute atomic E-state index is 0.0174. The Hall–Kier alpha value is -0.350. The average molecular weight is 149 g/mol. The minimum Gasteiger partial charge on any atom is -0.229 e. The van der Waals surface area contributed by atoms with Gasteiger partial charge in [-0.25, -0.2) is 13.6 Å². The highest BCUT2D eigenvalue weighted by atomic mass is 32.2. The SMILES string of the molecule is C=CC(C)CS(N)(=O)=O. The minimum atomic E-state index is -3.31. The van der Waals surface area contributed by atoms with E-state index in [1.54, 1.807) is 13.0 Å². The molecule has 1 atom stereocenters. The molecule has 0 rings (SSSR count). The maximum atomic E-state index is 10.3. The van der Waals surface area contributed by atoms with Gasteiger partial charge < -0.3 is 0 Å². The third-order valence-corrected chi connectivity index (χ3v) is 1.89. The molecule has 4 heteroatoms. The average Bonchev–Trinajstić information content (AvgIpc) is 1.62. The lowest BCUT2D eigenvalue weighted by atomic mass is 10.2. The molecule has 0 spiro atoms. The highest BCUT2D eigenvalue weighted by Gasteiger charge is 2.05. The predicted molar refractivity (Wildman–Crippen MR) is 37.3 cm³/mol. The molecule has 0 amide bonds. The van der Waals surface area contributed by atoms with Gasteiger partial charge in [0.1, 0.15) is 0 Å². The number of hydrogen-bond acceptors (Lipinski definition) is 2. The van der Waals surface area contributed by atoms with E-state index < -0.39 is 10.0 Å². The van der Waals surface area contributed by atoms with Crippen molar-refractivity contribution in [2.45, 2.75) is 6.92 Å². The highest BCUT2D eigenvalue weighted by molar-refractivity contribution is 7.89. The zero-order chi connectivity index (χ0) is 7.49. The second kappa shape index (κ2) is 2.98. The molecule has 2 N–H and O–H groups in total. The van der Waals surface area contributed by atoms with Crippen LogP contribution in [0.1, 0.15) is 6.92 Å². The van der Waals surface area contributed by atoms with Gasteiger partial charge in [0.15, 0.2) is 0 Å². The van der Waals surface area contributed by atoms with Gasteiger partial charge >= 0.3 is 0 Å². The zero-order valence-electron chi connectivity index (χ0n) is 5.37. The van der Waals surface area contributed by atoms with Gasteiger partial charge in [-0.1, -0.05) is 13.0 Å². The highest BCUT2D eigenvalue weighted by Crippen LogP contribution is 1.96. The van der Waals surface area contributed by atoms with E-state index in [2.05, 4.69) is 6.58 Å². The van der Waals surface area contributed by atoms with Gasteiger partial charge in [0.2, 0.25) is 10.0 Å². The van der Waals surface area contributed by atoms with Crippen molar-refractivity contribution in [1.29, 1.82) is 0 Å². The quantitative estimate of drug-likeness (QED) is 0.578. The Labute approximate surface area is 55.6 Å². The molecule has 9 heavy (non-hydrogen) atoms. The van der Waals surface area contributed by atoms with Crippen molar-refractivity contribution in [2.75, 3.05) is 5.75 Å². The molecule has 0 aromatic heterocycles. The lowest BCUT2D eigenvalue weighted by Gasteiger charge is -2.00. The first-order chi connectivity index (χ1) is 3.95. The van der Waals surface area contributed by atoms with Crippen LogP contribution < -0.4 is 5.14 Å². The number of allylic oxidation sites excluding steroid dienone is 1. The van der Waals surface area contributed by atoms with Gasteiger partial charge in [0, 0.05) is 0 Å². The van der Waals surface area contributed by atoms with Crippen molar-refractivity contribution in [1.82, 2.24) is 0 Å². The van der Waals surface area contributed by atoms with Gasteiger partial charge in [-0.15, -0.1) is 6.58 Å². The first kappa shape index (κ1) is 8.65. The van der Waals surface area contributed by atoms with E-state index in [0.717, 1.165) is 0 Å². The molecule has 0 saturated carbocycles. The molecule has 54 valence electrons. The first-order valence-corrected chi connectivity index (χ1v) is 4.30. The fourth-order valence-electron chi connectivity index (χ4n) is 0.434. The molecule has 0 aromatic carbocycles. The van der Waals surface area contributed by atoms with Crippen LogP contribution in [0.25, 0.3) is 0 Å². The Balaban J connectivity index is 3.89. The Morgan fingerprint density at radius 2 is 2.22 bits per heavy atom. The fourth-order valence-corrected chi connectivity index (χ4v) is 1.30. The molecule has 0 bridgehead atoms. The van der Waals surface area contributed by atoms with Crippen LogP contribution in [-0.2, 0) is 10.0 Å². The Bertz CT molecular complexity index is 183. The van der Waals surface area contributed by atoms with Crippen LogP contribution in [0, 0.1) is 5.92 Å². The van der Waals surface area contributed by atoms with Crippen molar-refractivity contribution in [2.24, 2.45) is 11.1 Å². The van der Waals surface area contributed by atoms with Crippen molar-refractivity contribution < 1.29 is 8.42 Å². The summed E-state index contributed by atoms with van der Waals surface area (Å²) in [6, 6.07) is 0. The van der Waals surface area contributed by atoms with E-state index in [-0.39, 0.29) is 11.7 Å². The third-order valence-electron chi connectivity index (χ3n) is 0.898. The Morgan fingerprint density at radius 1 is 1.78 bits per heavy atom. The van der Waals surface area contributed by atoms with E-state index in [1.807, 2.05) is 0 Å². The molecule has 1 unspecified atom stereocenters. The second-order valence-corrected chi connectivity index (χ2v) is 3.70. The molecular weight excluding hydrogens is 138 g/mol. The van der Waals surface area contributed by atoms with Crippen LogP contribution in [0.3, 0.4) is 0 Å². The van der Waals surface area contributed by atoms with Crippen LogP contribution in [0.5, 0.6) is 0 Å². The van der Waals surface area contributed by atoms with Crippen LogP contribution in [0.4, 0.5) is 0 Å². The monoisotopic (exact) mass is 149 g/mol. The summed E-state index contributed by atoms with van der Waals surface area (Å²) in [6.07, 6.45) is 1.56. The summed E-state index contributed by atoms with van der Waals surface area (Å²) in [5.41, 5.74) is 0. The molecule has 0 radical (unpaired) electrons. The predicted octanol–water partition coefficient (Wildman–Crippen LogP) is 0.0970. The van der Waals surface area contributed by atoms with E-state index in [9.17, 15) is 8.42 Å². The van der Waals surface area contributed by atoms with E-state index in [0.29, 0.717) is 0 Å². The van der Waals surface area contributed by atoms with Gasteiger partial charge in [0.25, 0.3) is 0 Å². The summed E-state index contributed by atoms with van der Waals surface area (Å²) in [7, 11) is -3.31. The second-order valence-electron chi connectivity index (χ2n) is 2.04. The zero-order valence-corrected chi connectivity index (χ0v) is 6.19. The largest absolute Gasteiger partial charge is 0.229 e. The number of hydrogen-bond donors (Lipinski definition) is 1. The summed E-state index contributed by atoms with van der Waals surface area (Å²) in [6.45, 7) is 5.17. The van der Waals surface area contributed by atoms with Gasteiger partial charge in [-0.2, -0.15) is 0 Å². The third kappa shape index (κ3) is 5.52. The number of primary sulfonamides is 1. The summed E-state index contributed by atoms with van der Waals surface area (Å²) in [5, 5.41) is 4.74. The van der Waals surface area contributed by atoms with Crippen LogP contribution in [0.2, 0.25) is 0 Å². The molecule has 0 heterocycles. The number of nitrogens with two attached hydrogens (primary N) is 1. The van der Waals surface area contributed by atoms with E-state index in [1.165, 1.54) is 0 Å². The van der Waals surface area contributed by atoms with Gasteiger partial charge in [-0.05, 0) is 5.92 Å². The van der Waals surface area contributed by atoms with Crippen LogP contribution in [0.15, 0.2) is 12.7 Å². The molecule has 3 nitrogen and oxygen atoms in total. The molecule has 0 aliphatic heterocycles. The topological polar surface area (TPSA) is 60.2 Å². The van der Waals surface area contributed by atoms with E-state index in [4.69, 9.17) is 5.14 Å². The molecule has 0 aromatic rings.